The lowest BCUT2D eigenvalue weighted by Crippen LogP contribution is -2.28. The molecule has 0 bridgehead atoms. The molecule has 3 atom stereocenters. The summed E-state index contributed by atoms with van der Waals surface area (Å²) in [6.45, 7) is 1.30. The van der Waals surface area contributed by atoms with Gasteiger partial charge in [0, 0.05) is 12.8 Å². The minimum absolute atomic E-state index is 0.0752. The largest absolute Gasteiger partial charge is 0.472 e. The van der Waals surface area contributed by atoms with Crippen LogP contribution in [0, 0.1) is 0 Å². The highest BCUT2D eigenvalue weighted by atomic mass is 31.2. The third kappa shape index (κ3) is 13.7. The van der Waals surface area contributed by atoms with Crippen molar-refractivity contribution in [1.29, 1.82) is 0 Å². The molecule has 0 aliphatic rings. The third-order valence-corrected chi connectivity index (χ3v) is 4.32. The molecule has 0 spiro atoms. The first-order valence-electron chi connectivity index (χ1n) is 9.00. The Kier molecular flexibility index (Phi) is 14.4. The van der Waals surface area contributed by atoms with E-state index in [9.17, 15) is 24.2 Å². The Labute approximate surface area is 159 Å². The van der Waals surface area contributed by atoms with Crippen LogP contribution in [0.2, 0.25) is 0 Å². The molecule has 0 aliphatic heterocycles. The number of phosphoric ester groups is 1. The van der Waals surface area contributed by atoms with Gasteiger partial charge in [-0.15, -0.1) is 0 Å². The maximum atomic E-state index is 11.8. The van der Waals surface area contributed by atoms with E-state index in [4.69, 9.17) is 14.6 Å². The van der Waals surface area contributed by atoms with Crippen LogP contribution in [0.1, 0.15) is 52.4 Å². The van der Waals surface area contributed by atoms with Gasteiger partial charge in [-0.1, -0.05) is 33.1 Å². The minimum Gasteiger partial charge on any atom is -0.457 e. The number of aliphatic hydroxyl groups is 2. The molecular weight excluding hydrogens is 383 g/mol. The molecule has 3 N–H and O–H groups in total. The number of ether oxygens (including phenoxy) is 2. The summed E-state index contributed by atoms with van der Waals surface area (Å²) in [7, 11) is -4.56. The summed E-state index contributed by atoms with van der Waals surface area (Å²) >= 11 is 0. The van der Waals surface area contributed by atoms with E-state index >= 15 is 0 Å². The third-order valence-electron chi connectivity index (χ3n) is 3.37. The Morgan fingerprint density at radius 3 is 1.85 bits per heavy atom. The van der Waals surface area contributed by atoms with Gasteiger partial charge in [0.25, 0.3) is 0 Å². The van der Waals surface area contributed by atoms with Gasteiger partial charge in [-0.3, -0.25) is 18.6 Å². The quantitative estimate of drug-likeness (QED) is 0.192. The second-order valence-corrected chi connectivity index (χ2v) is 7.27. The Morgan fingerprint density at radius 2 is 1.41 bits per heavy atom. The van der Waals surface area contributed by atoms with E-state index in [1.807, 2.05) is 6.92 Å². The van der Waals surface area contributed by atoms with Crippen LogP contribution in [0.3, 0.4) is 0 Å². The number of phosphoric acid groups is 1. The lowest BCUT2D eigenvalue weighted by Gasteiger charge is -2.20. The number of hydrogen-bond donors (Lipinski definition) is 3. The first kappa shape index (κ1) is 26.0. The zero-order valence-electron chi connectivity index (χ0n) is 15.9. The molecule has 0 rings (SSSR count). The zero-order valence-corrected chi connectivity index (χ0v) is 16.8. The molecule has 0 heterocycles. The molecule has 0 saturated carbocycles. The molecule has 0 aromatic carbocycles. The van der Waals surface area contributed by atoms with Gasteiger partial charge >= 0.3 is 19.8 Å². The van der Waals surface area contributed by atoms with Crippen molar-refractivity contribution in [2.45, 2.75) is 64.6 Å². The first-order valence-corrected chi connectivity index (χ1v) is 10.5. The van der Waals surface area contributed by atoms with Crippen LogP contribution in [-0.4, -0.2) is 65.7 Å². The van der Waals surface area contributed by atoms with E-state index in [0.717, 1.165) is 19.3 Å². The summed E-state index contributed by atoms with van der Waals surface area (Å²) < 4.78 is 30.9. The van der Waals surface area contributed by atoms with Crippen LogP contribution in [0.5, 0.6) is 0 Å². The maximum Gasteiger partial charge on any atom is 0.472 e. The van der Waals surface area contributed by atoms with Crippen molar-refractivity contribution in [2.75, 3.05) is 26.4 Å². The molecule has 0 aromatic heterocycles. The van der Waals surface area contributed by atoms with Gasteiger partial charge in [0.2, 0.25) is 0 Å². The summed E-state index contributed by atoms with van der Waals surface area (Å²) in [4.78, 5) is 32.4. The lowest BCUT2D eigenvalue weighted by atomic mass is 10.1. The van der Waals surface area contributed by atoms with Crippen LogP contribution in [0.25, 0.3) is 0 Å². The van der Waals surface area contributed by atoms with Crippen molar-refractivity contribution in [2.24, 2.45) is 0 Å². The zero-order chi connectivity index (χ0) is 20.7. The smallest absolute Gasteiger partial charge is 0.457 e. The monoisotopic (exact) mass is 414 g/mol. The normalized spacial score (nSPS) is 15.6. The molecule has 0 aromatic rings. The molecule has 10 nitrogen and oxygen atoms in total. The predicted molar refractivity (Wildman–Crippen MR) is 94.7 cm³/mol. The summed E-state index contributed by atoms with van der Waals surface area (Å²) in [5.41, 5.74) is 0. The van der Waals surface area contributed by atoms with E-state index in [-0.39, 0.29) is 12.8 Å². The van der Waals surface area contributed by atoms with Gasteiger partial charge in [0.15, 0.2) is 0 Å². The number of carbonyl (C=O) groups is 2. The number of carbonyl (C=O) groups excluding carboxylic acids is 2. The predicted octanol–water partition coefficient (Wildman–Crippen LogP) is 1.31. The molecule has 27 heavy (non-hydrogen) atoms. The Bertz CT molecular complexity index is 470. The summed E-state index contributed by atoms with van der Waals surface area (Å²) in [5, 5.41) is 18.3. The van der Waals surface area contributed by atoms with Crippen LogP contribution in [0.15, 0.2) is 0 Å². The standard InChI is InChI=1S/C16H31O10P/c1-3-5-6-7-8-16(20)26-14(10-18)12-24-27(21,22)23-11-13(9-17)25-15(19)4-2/h13-14,17-18H,3-12H2,1-2H3,(H,21,22). The van der Waals surface area contributed by atoms with Crippen LogP contribution < -0.4 is 0 Å². The van der Waals surface area contributed by atoms with Crippen molar-refractivity contribution in [3.63, 3.8) is 0 Å². The van der Waals surface area contributed by atoms with Gasteiger partial charge in [-0.05, 0) is 6.42 Å². The highest BCUT2D eigenvalue weighted by Gasteiger charge is 2.27. The fourth-order valence-electron chi connectivity index (χ4n) is 1.85. The second kappa shape index (κ2) is 15.0. The first-order chi connectivity index (χ1) is 12.8. The Hall–Kier alpha value is -1.03. The van der Waals surface area contributed by atoms with Crippen LogP contribution in [0.4, 0.5) is 0 Å². The average molecular weight is 414 g/mol. The molecule has 160 valence electrons. The van der Waals surface area contributed by atoms with Crippen molar-refractivity contribution in [1.82, 2.24) is 0 Å². The molecule has 0 amide bonds. The molecule has 3 unspecified atom stereocenters. The summed E-state index contributed by atoms with van der Waals surface area (Å²) in [5.74, 6) is -1.13. The Morgan fingerprint density at radius 1 is 0.889 bits per heavy atom. The number of hydrogen-bond acceptors (Lipinski definition) is 9. The van der Waals surface area contributed by atoms with Gasteiger partial charge in [-0.2, -0.15) is 0 Å². The summed E-state index contributed by atoms with van der Waals surface area (Å²) in [6, 6.07) is 0. The van der Waals surface area contributed by atoms with E-state index in [0.29, 0.717) is 6.42 Å². The van der Waals surface area contributed by atoms with E-state index < -0.39 is 58.4 Å². The van der Waals surface area contributed by atoms with Crippen molar-refractivity contribution < 1.29 is 47.8 Å². The number of esters is 2. The molecular formula is C16H31O10P. The fraction of sp³-hybridized carbons (Fsp3) is 0.875. The van der Waals surface area contributed by atoms with Crippen molar-refractivity contribution >= 4 is 19.8 Å². The lowest BCUT2D eigenvalue weighted by molar-refractivity contribution is -0.153. The maximum absolute atomic E-state index is 11.8. The van der Waals surface area contributed by atoms with Gasteiger partial charge in [0.1, 0.15) is 12.2 Å². The highest BCUT2D eigenvalue weighted by Crippen LogP contribution is 2.43. The number of aliphatic hydroxyl groups excluding tert-OH is 2. The molecule has 0 saturated heterocycles. The molecule has 0 radical (unpaired) electrons. The molecule has 11 heteroatoms. The van der Waals surface area contributed by atoms with Crippen LogP contribution >= 0.6 is 7.82 Å². The topological polar surface area (TPSA) is 149 Å². The van der Waals surface area contributed by atoms with Gasteiger partial charge < -0.3 is 24.6 Å². The Balaban J connectivity index is 4.27. The second-order valence-electron chi connectivity index (χ2n) is 5.81. The summed E-state index contributed by atoms with van der Waals surface area (Å²) in [6.07, 6.45) is 1.62. The van der Waals surface area contributed by atoms with Gasteiger partial charge in [-0.25, -0.2) is 4.57 Å². The number of rotatable bonds is 16. The highest BCUT2D eigenvalue weighted by molar-refractivity contribution is 7.47. The SMILES string of the molecule is CCCCCCC(=O)OC(CO)COP(=O)(O)OCC(CO)OC(=O)CC. The van der Waals surface area contributed by atoms with Crippen molar-refractivity contribution in [3.05, 3.63) is 0 Å². The fourth-order valence-corrected chi connectivity index (χ4v) is 2.63. The van der Waals surface area contributed by atoms with Gasteiger partial charge in [0.05, 0.1) is 26.4 Å². The average Bonchev–Trinajstić information content (AvgIpc) is 2.65. The molecule has 0 aliphatic carbocycles. The van der Waals surface area contributed by atoms with E-state index in [1.165, 1.54) is 0 Å². The minimum atomic E-state index is -4.56. The molecule has 0 fully saturated rings. The van der Waals surface area contributed by atoms with E-state index in [1.54, 1.807) is 6.92 Å². The number of unbranched alkanes of at least 4 members (excludes halogenated alkanes) is 3. The van der Waals surface area contributed by atoms with E-state index in [2.05, 4.69) is 9.05 Å². The van der Waals surface area contributed by atoms with Crippen LogP contribution in [-0.2, 0) is 32.7 Å². The van der Waals surface area contributed by atoms with Crippen molar-refractivity contribution in [3.8, 4) is 0 Å².